The molecular formula is C11H12N4. The zero-order valence-electron chi connectivity index (χ0n) is 8.49. The number of hydrogen-bond donors (Lipinski definition) is 2. The lowest BCUT2D eigenvalue weighted by atomic mass is 10.2. The van der Waals surface area contributed by atoms with E-state index >= 15 is 0 Å². The zero-order chi connectivity index (χ0) is 10.3. The molecule has 1 aliphatic rings. The minimum atomic E-state index is 0.801. The van der Waals surface area contributed by atoms with Crippen molar-refractivity contribution in [2.75, 3.05) is 10.6 Å². The van der Waals surface area contributed by atoms with Crippen LogP contribution in [0.5, 0.6) is 0 Å². The zero-order valence-corrected chi connectivity index (χ0v) is 8.49. The average Bonchev–Trinajstić information content (AvgIpc) is 2.51. The Morgan fingerprint density at radius 1 is 1.20 bits per heavy atom. The summed E-state index contributed by atoms with van der Waals surface area (Å²) in [5, 5.41) is 11.0. The topological polar surface area (TPSA) is 41.9 Å². The molecule has 1 aliphatic heterocycles. The van der Waals surface area contributed by atoms with E-state index in [4.69, 9.17) is 0 Å². The Bertz CT molecular complexity index is 501. The van der Waals surface area contributed by atoms with E-state index in [1.165, 1.54) is 5.69 Å². The van der Waals surface area contributed by atoms with Crippen LogP contribution in [0.15, 0.2) is 30.5 Å². The number of aryl methyl sites for hydroxylation is 1. The summed E-state index contributed by atoms with van der Waals surface area (Å²) in [4.78, 5) is 0. The summed E-state index contributed by atoms with van der Waals surface area (Å²) in [5.74, 6) is 0. The molecule has 0 atom stereocenters. The van der Waals surface area contributed by atoms with Crippen molar-refractivity contribution in [2.45, 2.75) is 6.54 Å². The van der Waals surface area contributed by atoms with Gasteiger partial charge in [0.05, 0.1) is 35.5 Å². The van der Waals surface area contributed by atoms with Crippen LogP contribution in [0.2, 0.25) is 0 Å². The van der Waals surface area contributed by atoms with Crippen molar-refractivity contribution in [3.63, 3.8) is 0 Å². The first-order valence-electron chi connectivity index (χ1n) is 4.95. The van der Waals surface area contributed by atoms with Gasteiger partial charge in [-0.05, 0) is 12.1 Å². The Kier molecular flexibility index (Phi) is 1.68. The minimum Gasteiger partial charge on any atom is -0.378 e. The number of nitrogens with zero attached hydrogens (tertiary/aromatic N) is 2. The summed E-state index contributed by atoms with van der Waals surface area (Å²) < 4.78 is 1.89. The molecule has 0 unspecified atom stereocenters. The summed E-state index contributed by atoms with van der Waals surface area (Å²) in [7, 11) is 1.96. The third kappa shape index (κ3) is 1.26. The highest BCUT2D eigenvalue weighted by Crippen LogP contribution is 2.30. The molecule has 4 heteroatoms. The number of anilines is 3. The van der Waals surface area contributed by atoms with Gasteiger partial charge in [-0.1, -0.05) is 12.1 Å². The van der Waals surface area contributed by atoms with Crippen LogP contribution >= 0.6 is 0 Å². The van der Waals surface area contributed by atoms with E-state index in [1.54, 1.807) is 0 Å². The fourth-order valence-corrected chi connectivity index (χ4v) is 1.85. The number of nitrogens with one attached hydrogen (secondary N) is 2. The third-order valence-corrected chi connectivity index (χ3v) is 2.70. The molecule has 0 saturated heterocycles. The van der Waals surface area contributed by atoms with Gasteiger partial charge in [0, 0.05) is 7.05 Å². The maximum Gasteiger partial charge on any atom is 0.0822 e. The van der Waals surface area contributed by atoms with Crippen LogP contribution in [-0.2, 0) is 13.6 Å². The first kappa shape index (κ1) is 8.35. The van der Waals surface area contributed by atoms with Crippen molar-refractivity contribution in [2.24, 2.45) is 7.05 Å². The average molecular weight is 200 g/mol. The standard InChI is InChI=1S/C11H12N4/c1-15-11-7-12-8-4-2-3-5-9(8)14-10(11)6-13-15/h2-6,12,14H,7H2,1H3. The molecular weight excluding hydrogens is 188 g/mol. The molecule has 0 amide bonds. The molecule has 3 rings (SSSR count). The normalized spacial score (nSPS) is 13.1. The van der Waals surface area contributed by atoms with Gasteiger partial charge in [-0.3, -0.25) is 4.68 Å². The molecule has 2 heterocycles. The molecule has 0 saturated carbocycles. The SMILES string of the molecule is Cn1ncc2c1CNc1ccccc1N2. The van der Waals surface area contributed by atoms with Gasteiger partial charge in [0.25, 0.3) is 0 Å². The summed E-state index contributed by atoms with van der Waals surface area (Å²) in [6.07, 6.45) is 1.86. The van der Waals surface area contributed by atoms with Crippen LogP contribution in [0.3, 0.4) is 0 Å². The molecule has 0 spiro atoms. The molecule has 0 fully saturated rings. The number of benzene rings is 1. The number of rotatable bonds is 0. The van der Waals surface area contributed by atoms with Crippen LogP contribution in [0.4, 0.5) is 17.1 Å². The molecule has 0 radical (unpaired) electrons. The van der Waals surface area contributed by atoms with Crippen molar-refractivity contribution in [1.82, 2.24) is 9.78 Å². The second-order valence-corrected chi connectivity index (χ2v) is 3.65. The summed E-state index contributed by atoms with van der Waals surface area (Å²) >= 11 is 0. The molecule has 0 bridgehead atoms. The van der Waals surface area contributed by atoms with Crippen LogP contribution in [0.1, 0.15) is 5.69 Å². The Morgan fingerprint density at radius 2 is 2.00 bits per heavy atom. The lowest BCUT2D eigenvalue weighted by Crippen LogP contribution is -2.04. The fraction of sp³-hybridized carbons (Fsp3) is 0.182. The van der Waals surface area contributed by atoms with E-state index < -0.39 is 0 Å². The van der Waals surface area contributed by atoms with E-state index in [0.717, 1.165) is 23.6 Å². The maximum absolute atomic E-state index is 4.23. The minimum absolute atomic E-state index is 0.801. The molecule has 1 aromatic heterocycles. The second-order valence-electron chi connectivity index (χ2n) is 3.65. The van der Waals surface area contributed by atoms with Gasteiger partial charge >= 0.3 is 0 Å². The lowest BCUT2D eigenvalue weighted by molar-refractivity contribution is 0.722. The Morgan fingerprint density at radius 3 is 2.87 bits per heavy atom. The van der Waals surface area contributed by atoms with E-state index in [2.05, 4.69) is 27.9 Å². The highest BCUT2D eigenvalue weighted by molar-refractivity contribution is 5.77. The molecule has 4 nitrogen and oxygen atoms in total. The molecule has 15 heavy (non-hydrogen) atoms. The first-order valence-corrected chi connectivity index (χ1v) is 4.95. The van der Waals surface area contributed by atoms with Crippen molar-refractivity contribution in [3.05, 3.63) is 36.2 Å². The van der Waals surface area contributed by atoms with Crippen molar-refractivity contribution < 1.29 is 0 Å². The number of para-hydroxylation sites is 2. The second kappa shape index (κ2) is 3.02. The predicted molar refractivity (Wildman–Crippen MR) is 60.3 cm³/mol. The Labute approximate surface area is 87.9 Å². The van der Waals surface area contributed by atoms with Gasteiger partial charge in [-0.25, -0.2) is 0 Å². The van der Waals surface area contributed by atoms with Crippen molar-refractivity contribution >= 4 is 17.1 Å². The van der Waals surface area contributed by atoms with Gasteiger partial charge in [0.15, 0.2) is 0 Å². The van der Waals surface area contributed by atoms with Crippen LogP contribution in [0.25, 0.3) is 0 Å². The van der Waals surface area contributed by atoms with Crippen LogP contribution < -0.4 is 10.6 Å². The molecule has 1 aromatic carbocycles. The van der Waals surface area contributed by atoms with Crippen molar-refractivity contribution in [1.29, 1.82) is 0 Å². The molecule has 2 aromatic rings. The number of hydrogen-bond acceptors (Lipinski definition) is 3. The van der Waals surface area contributed by atoms with Gasteiger partial charge < -0.3 is 10.6 Å². The summed E-state index contributed by atoms with van der Waals surface area (Å²) in [5.41, 5.74) is 4.49. The number of fused-ring (bicyclic) bond motifs is 2. The largest absolute Gasteiger partial charge is 0.378 e. The van der Waals surface area contributed by atoms with Gasteiger partial charge in [-0.15, -0.1) is 0 Å². The van der Waals surface area contributed by atoms with Gasteiger partial charge in [0.2, 0.25) is 0 Å². The lowest BCUT2D eigenvalue weighted by Gasteiger charge is -2.06. The van der Waals surface area contributed by atoms with Crippen LogP contribution in [-0.4, -0.2) is 9.78 Å². The Balaban J connectivity index is 2.10. The van der Waals surface area contributed by atoms with E-state index in [-0.39, 0.29) is 0 Å². The Hall–Kier alpha value is -1.97. The first-order chi connectivity index (χ1) is 7.34. The fourth-order valence-electron chi connectivity index (χ4n) is 1.85. The smallest absolute Gasteiger partial charge is 0.0822 e. The van der Waals surface area contributed by atoms with E-state index in [9.17, 15) is 0 Å². The van der Waals surface area contributed by atoms with Gasteiger partial charge in [0.1, 0.15) is 0 Å². The highest BCUT2D eigenvalue weighted by Gasteiger charge is 2.14. The maximum atomic E-state index is 4.23. The van der Waals surface area contributed by atoms with E-state index in [1.807, 2.05) is 30.1 Å². The highest BCUT2D eigenvalue weighted by atomic mass is 15.3. The quantitative estimate of drug-likeness (QED) is 0.684. The van der Waals surface area contributed by atoms with Crippen molar-refractivity contribution in [3.8, 4) is 0 Å². The summed E-state index contributed by atoms with van der Waals surface area (Å²) in [6.45, 7) is 0.801. The molecule has 0 aliphatic carbocycles. The monoisotopic (exact) mass is 200 g/mol. The van der Waals surface area contributed by atoms with Crippen LogP contribution in [0, 0.1) is 0 Å². The third-order valence-electron chi connectivity index (χ3n) is 2.70. The predicted octanol–water partition coefficient (Wildman–Crippen LogP) is 2.09. The number of aromatic nitrogens is 2. The summed E-state index contributed by atoms with van der Waals surface area (Å²) in [6, 6.07) is 8.18. The van der Waals surface area contributed by atoms with Gasteiger partial charge in [-0.2, -0.15) is 5.10 Å². The molecule has 2 N–H and O–H groups in total. The molecule has 76 valence electrons. The van der Waals surface area contributed by atoms with E-state index in [0.29, 0.717) is 0 Å².